The maximum Gasteiger partial charge on any atom is 0.410 e. The predicted octanol–water partition coefficient (Wildman–Crippen LogP) is 3.37. The molecule has 0 aliphatic carbocycles. The Morgan fingerprint density at radius 2 is 2.00 bits per heavy atom. The number of nitrogens with zero attached hydrogens (tertiary/aromatic N) is 6. The SMILES string of the molecule is CC(C)(C)OC(=O)N1CCC2(CCCN2CC2CCC(n3cnc4cncnc43)O2)CC1. The summed E-state index contributed by atoms with van der Waals surface area (Å²) in [5, 5.41) is 0. The molecule has 0 bridgehead atoms. The molecular formula is C23H34N6O3. The van der Waals surface area contributed by atoms with Gasteiger partial charge in [-0.15, -0.1) is 0 Å². The number of imidazole rings is 1. The van der Waals surface area contributed by atoms with E-state index < -0.39 is 5.60 Å². The van der Waals surface area contributed by atoms with Crippen LogP contribution in [0, 0.1) is 0 Å². The number of amides is 1. The second kappa shape index (κ2) is 8.26. The van der Waals surface area contributed by atoms with Crippen LogP contribution in [0.5, 0.6) is 0 Å². The minimum Gasteiger partial charge on any atom is -0.444 e. The highest BCUT2D eigenvalue weighted by Crippen LogP contribution is 2.40. The van der Waals surface area contributed by atoms with Crippen LogP contribution in [0.15, 0.2) is 18.9 Å². The van der Waals surface area contributed by atoms with E-state index in [2.05, 4.69) is 19.9 Å². The zero-order chi connectivity index (χ0) is 22.3. The Morgan fingerprint density at radius 3 is 2.78 bits per heavy atom. The highest BCUT2D eigenvalue weighted by molar-refractivity contribution is 5.69. The summed E-state index contributed by atoms with van der Waals surface area (Å²) in [4.78, 5) is 29.8. The number of fused-ring (bicyclic) bond motifs is 1. The molecule has 174 valence electrons. The Labute approximate surface area is 189 Å². The van der Waals surface area contributed by atoms with Crippen LogP contribution in [-0.2, 0) is 9.47 Å². The lowest BCUT2D eigenvalue weighted by Crippen LogP contribution is -2.55. The fourth-order valence-electron chi connectivity index (χ4n) is 5.54. The minimum absolute atomic E-state index is 0.0209. The topological polar surface area (TPSA) is 85.6 Å². The first-order valence-corrected chi connectivity index (χ1v) is 11.8. The van der Waals surface area contributed by atoms with Gasteiger partial charge >= 0.3 is 6.09 Å². The van der Waals surface area contributed by atoms with Gasteiger partial charge in [-0.2, -0.15) is 0 Å². The summed E-state index contributed by atoms with van der Waals surface area (Å²) < 4.78 is 14.1. The molecule has 32 heavy (non-hydrogen) atoms. The van der Waals surface area contributed by atoms with Crippen LogP contribution in [0.3, 0.4) is 0 Å². The molecule has 3 fully saturated rings. The van der Waals surface area contributed by atoms with Crippen LogP contribution in [0.2, 0.25) is 0 Å². The van der Waals surface area contributed by atoms with Crippen LogP contribution in [0.1, 0.15) is 65.5 Å². The van der Waals surface area contributed by atoms with Crippen LogP contribution in [0.4, 0.5) is 4.79 Å². The highest BCUT2D eigenvalue weighted by atomic mass is 16.6. The van der Waals surface area contributed by atoms with Crippen LogP contribution >= 0.6 is 0 Å². The lowest BCUT2D eigenvalue weighted by Gasteiger charge is -2.45. The summed E-state index contributed by atoms with van der Waals surface area (Å²) in [6.07, 6.45) is 11.5. The van der Waals surface area contributed by atoms with Crippen molar-refractivity contribution in [1.29, 1.82) is 0 Å². The quantitative estimate of drug-likeness (QED) is 0.720. The second-order valence-corrected chi connectivity index (χ2v) is 10.4. The van der Waals surface area contributed by atoms with Crippen molar-refractivity contribution in [2.75, 3.05) is 26.2 Å². The number of carbonyl (C=O) groups is 1. The lowest BCUT2D eigenvalue weighted by atomic mass is 9.85. The van der Waals surface area contributed by atoms with Gasteiger partial charge in [0.2, 0.25) is 0 Å². The molecule has 2 aromatic rings. The van der Waals surface area contributed by atoms with Crippen molar-refractivity contribution >= 4 is 17.3 Å². The third kappa shape index (κ3) is 4.20. The molecule has 2 unspecified atom stereocenters. The molecule has 5 rings (SSSR count). The Bertz CT molecular complexity index is 962. The molecule has 0 saturated carbocycles. The minimum atomic E-state index is -0.450. The molecule has 2 atom stereocenters. The summed E-state index contributed by atoms with van der Waals surface area (Å²) in [7, 11) is 0. The molecule has 5 heterocycles. The Morgan fingerprint density at radius 1 is 1.19 bits per heavy atom. The van der Waals surface area contributed by atoms with Gasteiger partial charge in [-0.25, -0.2) is 19.7 Å². The normalized spacial score (nSPS) is 26.3. The monoisotopic (exact) mass is 442 g/mol. The molecule has 2 aromatic heterocycles. The smallest absolute Gasteiger partial charge is 0.410 e. The van der Waals surface area contributed by atoms with Gasteiger partial charge in [0, 0.05) is 25.2 Å². The Balaban J connectivity index is 1.19. The lowest BCUT2D eigenvalue weighted by molar-refractivity contribution is -0.0365. The van der Waals surface area contributed by atoms with Crippen molar-refractivity contribution in [2.24, 2.45) is 0 Å². The fraction of sp³-hybridized carbons (Fsp3) is 0.739. The van der Waals surface area contributed by atoms with Gasteiger partial charge in [-0.1, -0.05) is 0 Å². The molecule has 9 nitrogen and oxygen atoms in total. The largest absolute Gasteiger partial charge is 0.444 e. The third-order valence-electron chi connectivity index (χ3n) is 7.14. The van der Waals surface area contributed by atoms with Gasteiger partial charge < -0.3 is 14.4 Å². The first-order valence-electron chi connectivity index (χ1n) is 11.8. The number of carbonyl (C=O) groups excluding carboxylic acids is 1. The molecule has 0 N–H and O–H groups in total. The summed E-state index contributed by atoms with van der Waals surface area (Å²) in [6.45, 7) is 9.35. The average molecular weight is 443 g/mol. The van der Waals surface area contributed by atoms with Crippen LogP contribution in [-0.4, -0.2) is 78.8 Å². The Kier molecular flexibility index (Phi) is 5.57. The van der Waals surface area contributed by atoms with Crippen molar-refractivity contribution in [3.63, 3.8) is 0 Å². The number of hydrogen-bond donors (Lipinski definition) is 0. The van der Waals surface area contributed by atoms with E-state index in [1.54, 1.807) is 12.5 Å². The molecule has 1 amide bonds. The first-order chi connectivity index (χ1) is 15.3. The third-order valence-corrected chi connectivity index (χ3v) is 7.14. The molecule has 0 aromatic carbocycles. The van der Waals surface area contributed by atoms with E-state index >= 15 is 0 Å². The average Bonchev–Trinajstić information content (AvgIpc) is 3.47. The zero-order valence-corrected chi connectivity index (χ0v) is 19.4. The fourth-order valence-corrected chi connectivity index (χ4v) is 5.54. The van der Waals surface area contributed by atoms with Gasteiger partial charge in [0.05, 0.1) is 18.6 Å². The van der Waals surface area contributed by atoms with Gasteiger partial charge in [-0.05, 0) is 65.8 Å². The van der Waals surface area contributed by atoms with Crippen LogP contribution < -0.4 is 0 Å². The molecule has 3 aliphatic rings. The molecular weight excluding hydrogens is 408 g/mol. The summed E-state index contributed by atoms with van der Waals surface area (Å²) in [5.41, 5.74) is 1.37. The number of hydrogen-bond acceptors (Lipinski definition) is 7. The molecule has 0 radical (unpaired) electrons. The number of rotatable bonds is 3. The van der Waals surface area contributed by atoms with Gasteiger partial charge in [-0.3, -0.25) is 9.47 Å². The summed E-state index contributed by atoms with van der Waals surface area (Å²) >= 11 is 0. The number of ether oxygens (including phenoxy) is 2. The summed E-state index contributed by atoms with van der Waals surface area (Å²) in [5.74, 6) is 0. The van der Waals surface area contributed by atoms with E-state index in [0.717, 1.165) is 63.0 Å². The van der Waals surface area contributed by atoms with Crippen LogP contribution in [0.25, 0.3) is 11.2 Å². The van der Waals surface area contributed by atoms with Gasteiger partial charge in [0.15, 0.2) is 5.65 Å². The van der Waals surface area contributed by atoms with E-state index in [1.807, 2.05) is 36.6 Å². The Hall–Kier alpha value is -2.26. The van der Waals surface area contributed by atoms with Gasteiger partial charge in [0.1, 0.15) is 23.7 Å². The maximum absolute atomic E-state index is 12.5. The first kappa shape index (κ1) is 21.6. The number of piperidine rings is 1. The van der Waals surface area contributed by atoms with Crippen molar-refractivity contribution in [3.8, 4) is 0 Å². The highest BCUT2D eigenvalue weighted by Gasteiger charge is 2.45. The number of aromatic nitrogens is 4. The maximum atomic E-state index is 12.5. The second-order valence-electron chi connectivity index (χ2n) is 10.4. The predicted molar refractivity (Wildman–Crippen MR) is 119 cm³/mol. The molecule has 3 saturated heterocycles. The molecule has 1 spiro atoms. The van der Waals surface area contributed by atoms with E-state index in [-0.39, 0.29) is 24.0 Å². The molecule has 3 aliphatic heterocycles. The number of likely N-dealkylation sites (tertiary alicyclic amines) is 2. The van der Waals surface area contributed by atoms with Crippen molar-refractivity contribution in [1.82, 2.24) is 29.3 Å². The standard InChI is InChI=1S/C23H34N6O3/c1-22(2,3)32-21(30)27-11-8-23(9-12-27)7-4-10-28(23)14-17-5-6-19(31-17)29-16-26-18-13-24-15-25-20(18)29/h13,15-17,19H,4-12,14H2,1-3H3. The van der Waals surface area contributed by atoms with Crippen molar-refractivity contribution in [3.05, 3.63) is 18.9 Å². The van der Waals surface area contributed by atoms with E-state index in [4.69, 9.17) is 9.47 Å². The van der Waals surface area contributed by atoms with E-state index in [0.29, 0.717) is 0 Å². The summed E-state index contributed by atoms with van der Waals surface area (Å²) in [6, 6.07) is 0. The molecule has 9 heteroatoms. The zero-order valence-electron chi connectivity index (χ0n) is 19.4. The van der Waals surface area contributed by atoms with Crippen molar-refractivity contribution in [2.45, 2.75) is 82.8 Å². The van der Waals surface area contributed by atoms with Gasteiger partial charge in [0.25, 0.3) is 0 Å². The van der Waals surface area contributed by atoms with E-state index in [9.17, 15) is 4.79 Å². The van der Waals surface area contributed by atoms with Crippen molar-refractivity contribution < 1.29 is 14.3 Å². The van der Waals surface area contributed by atoms with E-state index in [1.165, 1.54) is 12.8 Å².